The number of carboxylic acids is 1. The molecule has 1 unspecified atom stereocenters. The van der Waals surface area contributed by atoms with Crippen LogP contribution in [0.2, 0.25) is 5.02 Å². The van der Waals surface area contributed by atoms with Crippen molar-refractivity contribution in [3.05, 3.63) is 29.3 Å². The Morgan fingerprint density at radius 2 is 1.88 bits per heavy atom. The van der Waals surface area contributed by atoms with E-state index >= 15 is 0 Å². The van der Waals surface area contributed by atoms with Crippen molar-refractivity contribution in [3.63, 3.8) is 0 Å². The number of aliphatic carboxylic acids is 1. The van der Waals surface area contributed by atoms with Crippen LogP contribution in [0.3, 0.4) is 0 Å². The Labute approximate surface area is 98.8 Å². The number of carboxylic acid groups (broad SMARTS) is 1. The largest absolute Gasteiger partial charge is 0.481 e. The van der Waals surface area contributed by atoms with Gasteiger partial charge in [0, 0.05) is 5.02 Å². The second-order valence-electron chi connectivity index (χ2n) is 3.47. The molecule has 0 aromatic heterocycles. The van der Waals surface area contributed by atoms with Gasteiger partial charge in [0.25, 0.3) is 0 Å². The van der Waals surface area contributed by atoms with Gasteiger partial charge in [-0.2, -0.15) is 0 Å². The average molecular weight is 263 g/mol. The van der Waals surface area contributed by atoms with E-state index in [4.69, 9.17) is 16.7 Å². The first-order valence-electron chi connectivity index (χ1n) is 4.54. The minimum atomic E-state index is -3.56. The van der Waals surface area contributed by atoms with Crippen LogP contribution in [0.25, 0.3) is 0 Å². The zero-order chi connectivity index (χ0) is 12.3. The molecule has 1 rings (SSSR count). The van der Waals surface area contributed by atoms with E-state index in [1.165, 1.54) is 31.2 Å². The van der Waals surface area contributed by atoms with Crippen LogP contribution in [0.5, 0.6) is 0 Å². The molecule has 0 fully saturated rings. The minimum absolute atomic E-state index is 0.0880. The zero-order valence-electron chi connectivity index (χ0n) is 8.55. The number of rotatable bonds is 4. The van der Waals surface area contributed by atoms with E-state index < -0.39 is 27.5 Å². The van der Waals surface area contributed by atoms with Gasteiger partial charge in [0.15, 0.2) is 9.84 Å². The number of carbonyl (C=O) groups is 1. The smallest absolute Gasteiger partial charge is 0.307 e. The highest BCUT2D eigenvalue weighted by Gasteiger charge is 2.22. The van der Waals surface area contributed by atoms with Gasteiger partial charge in [-0.1, -0.05) is 18.5 Å². The molecule has 1 N–H and O–H groups in total. The molecule has 16 heavy (non-hydrogen) atoms. The van der Waals surface area contributed by atoms with Crippen LogP contribution >= 0.6 is 11.6 Å². The predicted octanol–water partition coefficient (Wildman–Crippen LogP) is 1.83. The molecule has 0 bridgehead atoms. The molecule has 0 amide bonds. The maximum atomic E-state index is 11.8. The number of hydrogen-bond donors (Lipinski definition) is 1. The van der Waals surface area contributed by atoms with Gasteiger partial charge < -0.3 is 5.11 Å². The minimum Gasteiger partial charge on any atom is -0.481 e. The molecule has 6 heteroatoms. The molecule has 0 saturated carbocycles. The first kappa shape index (κ1) is 13.0. The highest BCUT2D eigenvalue weighted by atomic mass is 35.5. The van der Waals surface area contributed by atoms with Gasteiger partial charge in [0.1, 0.15) is 0 Å². The maximum Gasteiger partial charge on any atom is 0.307 e. The van der Waals surface area contributed by atoms with Gasteiger partial charge in [-0.25, -0.2) is 8.42 Å². The molecule has 0 aliphatic heterocycles. The number of sulfone groups is 1. The first-order valence-corrected chi connectivity index (χ1v) is 6.57. The zero-order valence-corrected chi connectivity index (χ0v) is 10.1. The van der Waals surface area contributed by atoms with Crippen LogP contribution in [-0.2, 0) is 14.6 Å². The van der Waals surface area contributed by atoms with Crippen LogP contribution in [0.4, 0.5) is 0 Å². The molecule has 4 nitrogen and oxygen atoms in total. The molecule has 88 valence electrons. The van der Waals surface area contributed by atoms with Crippen LogP contribution in [0, 0.1) is 5.92 Å². The summed E-state index contributed by atoms with van der Waals surface area (Å²) in [7, 11) is -3.56. The van der Waals surface area contributed by atoms with Crippen molar-refractivity contribution in [1.82, 2.24) is 0 Å². The van der Waals surface area contributed by atoms with Crippen molar-refractivity contribution in [2.45, 2.75) is 11.8 Å². The molecule has 1 aromatic carbocycles. The van der Waals surface area contributed by atoms with E-state index in [-0.39, 0.29) is 4.90 Å². The fourth-order valence-corrected chi connectivity index (χ4v) is 2.81. The molecule has 1 atom stereocenters. The van der Waals surface area contributed by atoms with E-state index in [0.29, 0.717) is 5.02 Å². The molecule has 0 saturated heterocycles. The summed E-state index contributed by atoms with van der Waals surface area (Å²) < 4.78 is 23.5. The Hall–Kier alpha value is -1.07. The Balaban J connectivity index is 2.94. The lowest BCUT2D eigenvalue weighted by atomic mass is 10.2. The summed E-state index contributed by atoms with van der Waals surface area (Å²) >= 11 is 5.63. The topological polar surface area (TPSA) is 71.4 Å². The van der Waals surface area contributed by atoms with Gasteiger partial charge in [-0.15, -0.1) is 0 Å². The summed E-state index contributed by atoms with van der Waals surface area (Å²) in [6.07, 6.45) is 0. The van der Waals surface area contributed by atoms with Gasteiger partial charge in [-0.05, 0) is 24.3 Å². The molecule has 0 heterocycles. The molecule has 1 aromatic rings. The van der Waals surface area contributed by atoms with E-state index in [9.17, 15) is 13.2 Å². The number of hydrogen-bond acceptors (Lipinski definition) is 3. The number of benzene rings is 1. The van der Waals surface area contributed by atoms with Crippen molar-refractivity contribution in [1.29, 1.82) is 0 Å². The van der Waals surface area contributed by atoms with E-state index in [1.54, 1.807) is 0 Å². The standard InChI is InChI=1S/C10H11ClO4S/c1-7(10(12)13)6-16(14,15)9-4-2-8(11)3-5-9/h2-5,7H,6H2,1H3,(H,12,13). The van der Waals surface area contributed by atoms with Gasteiger partial charge in [0.2, 0.25) is 0 Å². The quantitative estimate of drug-likeness (QED) is 0.899. The Kier molecular flexibility index (Phi) is 3.93. The summed E-state index contributed by atoms with van der Waals surface area (Å²) in [4.78, 5) is 10.7. The molecule has 0 aliphatic rings. The average Bonchev–Trinajstić information content (AvgIpc) is 2.17. The molecule has 0 aliphatic carbocycles. The summed E-state index contributed by atoms with van der Waals surface area (Å²) in [5.41, 5.74) is 0. The molecular formula is C10H11ClO4S. The molecular weight excluding hydrogens is 252 g/mol. The Bertz CT molecular complexity index is 478. The van der Waals surface area contributed by atoms with Crippen LogP contribution < -0.4 is 0 Å². The van der Waals surface area contributed by atoms with E-state index in [2.05, 4.69) is 0 Å². The first-order chi connectivity index (χ1) is 7.33. The summed E-state index contributed by atoms with van der Waals surface area (Å²) in [6, 6.07) is 5.65. The molecule has 0 radical (unpaired) electrons. The van der Waals surface area contributed by atoms with E-state index in [1.807, 2.05) is 0 Å². The summed E-state index contributed by atoms with van der Waals surface area (Å²) in [6.45, 7) is 1.36. The predicted molar refractivity (Wildman–Crippen MR) is 60.3 cm³/mol. The Morgan fingerprint density at radius 1 is 1.38 bits per heavy atom. The van der Waals surface area contributed by atoms with Crippen molar-refractivity contribution in [2.24, 2.45) is 5.92 Å². The normalized spacial score (nSPS) is 13.4. The second kappa shape index (κ2) is 4.84. The van der Waals surface area contributed by atoms with Gasteiger partial charge >= 0.3 is 5.97 Å². The lowest BCUT2D eigenvalue weighted by Crippen LogP contribution is -2.21. The lowest BCUT2D eigenvalue weighted by molar-refractivity contribution is -0.140. The highest BCUT2D eigenvalue weighted by Crippen LogP contribution is 2.17. The van der Waals surface area contributed by atoms with E-state index in [0.717, 1.165) is 0 Å². The van der Waals surface area contributed by atoms with Crippen LogP contribution in [0.15, 0.2) is 29.2 Å². The van der Waals surface area contributed by atoms with Crippen LogP contribution in [-0.4, -0.2) is 25.2 Å². The van der Waals surface area contributed by atoms with Gasteiger partial charge in [0.05, 0.1) is 16.6 Å². The highest BCUT2D eigenvalue weighted by molar-refractivity contribution is 7.91. The summed E-state index contributed by atoms with van der Waals surface area (Å²) in [5.74, 6) is -2.47. The third-order valence-electron chi connectivity index (χ3n) is 2.06. The SMILES string of the molecule is CC(CS(=O)(=O)c1ccc(Cl)cc1)C(=O)O. The third kappa shape index (κ3) is 3.21. The van der Waals surface area contributed by atoms with Gasteiger partial charge in [-0.3, -0.25) is 4.79 Å². The van der Waals surface area contributed by atoms with Crippen molar-refractivity contribution in [3.8, 4) is 0 Å². The maximum absolute atomic E-state index is 11.8. The van der Waals surface area contributed by atoms with Crippen molar-refractivity contribution in [2.75, 3.05) is 5.75 Å². The lowest BCUT2D eigenvalue weighted by Gasteiger charge is -2.07. The fourth-order valence-electron chi connectivity index (χ4n) is 1.14. The fraction of sp³-hybridized carbons (Fsp3) is 0.300. The second-order valence-corrected chi connectivity index (χ2v) is 5.95. The van der Waals surface area contributed by atoms with Crippen LogP contribution in [0.1, 0.15) is 6.92 Å². The monoisotopic (exact) mass is 262 g/mol. The van der Waals surface area contributed by atoms with Crippen molar-refractivity contribution >= 4 is 27.4 Å². The summed E-state index contributed by atoms with van der Waals surface area (Å²) in [5, 5.41) is 9.09. The Morgan fingerprint density at radius 3 is 2.31 bits per heavy atom. The molecule has 0 spiro atoms. The third-order valence-corrected chi connectivity index (χ3v) is 4.24. The van der Waals surface area contributed by atoms with Crippen molar-refractivity contribution < 1.29 is 18.3 Å². The number of halogens is 1.